The van der Waals surface area contributed by atoms with E-state index in [1.54, 1.807) is 13.3 Å². The molecule has 112 valence electrons. The van der Waals surface area contributed by atoms with Gasteiger partial charge in [0.2, 0.25) is 0 Å². The number of pyridine rings is 1. The first-order valence-corrected chi connectivity index (χ1v) is 7.32. The number of alkyl halides is 1. The van der Waals surface area contributed by atoms with Crippen molar-refractivity contribution < 1.29 is 14.6 Å². The summed E-state index contributed by atoms with van der Waals surface area (Å²) in [6.45, 7) is 1.89. The van der Waals surface area contributed by atoms with Crippen LogP contribution in [0.5, 0.6) is 5.75 Å². The molecule has 0 bridgehead atoms. The number of aromatic nitrogens is 1. The maximum absolute atomic E-state index is 10.7. The lowest BCUT2D eigenvalue weighted by molar-refractivity contribution is -0.137. The quantitative estimate of drug-likeness (QED) is 0.613. The van der Waals surface area contributed by atoms with Crippen LogP contribution in [0.3, 0.4) is 0 Å². The molecule has 1 aromatic carbocycles. The molecule has 0 aliphatic rings. The molecule has 0 spiro atoms. The van der Waals surface area contributed by atoms with Gasteiger partial charge in [0.15, 0.2) is 0 Å². The van der Waals surface area contributed by atoms with Crippen molar-refractivity contribution in [2.24, 2.45) is 0 Å². The third-order valence-electron chi connectivity index (χ3n) is 3.12. The first-order valence-electron chi connectivity index (χ1n) is 6.53. The van der Waals surface area contributed by atoms with E-state index in [1.807, 2.05) is 31.2 Å². The first kappa shape index (κ1) is 15.6. The molecule has 2 N–H and O–H groups in total. The highest BCUT2D eigenvalue weighted by molar-refractivity contribution is 9.10. The summed E-state index contributed by atoms with van der Waals surface area (Å²) in [5, 5.41) is 13.1. The molecule has 2 rings (SSSR count). The van der Waals surface area contributed by atoms with E-state index in [0.29, 0.717) is 6.42 Å². The minimum Gasteiger partial charge on any atom is -0.497 e. The Morgan fingerprint density at radius 1 is 1.52 bits per heavy atom. The molecule has 1 atom stereocenters. The number of nitrogens with zero attached hydrogens (tertiary/aromatic N) is 1. The second-order valence-electron chi connectivity index (χ2n) is 4.97. The second-order valence-corrected chi connectivity index (χ2v) is 6.72. The number of carbonyl (C=O) groups is 1. The normalized spacial score (nSPS) is 13.7. The number of ether oxygens (including phenoxy) is 1. The number of fused-ring (bicyclic) bond motifs is 1. The van der Waals surface area contributed by atoms with Gasteiger partial charge in [-0.15, -0.1) is 0 Å². The third-order valence-corrected chi connectivity index (χ3v) is 3.71. The van der Waals surface area contributed by atoms with Gasteiger partial charge in [-0.2, -0.15) is 0 Å². The van der Waals surface area contributed by atoms with E-state index in [4.69, 9.17) is 9.84 Å². The highest BCUT2D eigenvalue weighted by atomic mass is 79.9. The van der Waals surface area contributed by atoms with E-state index in [9.17, 15) is 4.79 Å². The molecule has 0 fully saturated rings. The molecule has 1 heterocycles. The van der Waals surface area contributed by atoms with Gasteiger partial charge >= 0.3 is 5.97 Å². The maximum Gasteiger partial charge on any atom is 0.303 e. The minimum absolute atomic E-state index is 0.0735. The number of hydrogen-bond donors (Lipinski definition) is 2. The van der Waals surface area contributed by atoms with Crippen LogP contribution in [0.15, 0.2) is 30.5 Å². The number of halogens is 1. The SMILES string of the molecule is COc1cc(NC(C)(Br)CCC(=O)O)c2ncccc2c1. The van der Waals surface area contributed by atoms with E-state index in [0.717, 1.165) is 22.3 Å². The van der Waals surface area contributed by atoms with Crippen LogP contribution in [0.2, 0.25) is 0 Å². The van der Waals surface area contributed by atoms with Crippen LogP contribution in [-0.4, -0.2) is 27.6 Å². The number of carboxylic acid groups (broad SMARTS) is 1. The summed E-state index contributed by atoms with van der Waals surface area (Å²) in [6, 6.07) is 7.59. The Bertz CT molecular complexity index is 658. The lowest BCUT2D eigenvalue weighted by Crippen LogP contribution is -2.28. The average Bonchev–Trinajstić information content (AvgIpc) is 2.45. The number of benzene rings is 1. The predicted molar refractivity (Wildman–Crippen MR) is 86.1 cm³/mol. The third kappa shape index (κ3) is 4.07. The Labute approximate surface area is 131 Å². The van der Waals surface area contributed by atoms with Gasteiger partial charge in [0.25, 0.3) is 0 Å². The molecule has 1 aromatic heterocycles. The maximum atomic E-state index is 10.7. The molecule has 1 unspecified atom stereocenters. The van der Waals surface area contributed by atoms with Gasteiger partial charge in [0.1, 0.15) is 5.75 Å². The monoisotopic (exact) mass is 352 g/mol. The van der Waals surface area contributed by atoms with Crippen molar-refractivity contribution >= 4 is 38.5 Å². The van der Waals surface area contributed by atoms with Crippen LogP contribution < -0.4 is 10.1 Å². The summed E-state index contributed by atoms with van der Waals surface area (Å²) < 4.78 is 4.76. The summed E-state index contributed by atoms with van der Waals surface area (Å²) in [4.78, 5) is 15.1. The van der Waals surface area contributed by atoms with Crippen LogP contribution in [-0.2, 0) is 4.79 Å². The van der Waals surface area contributed by atoms with Crippen molar-refractivity contribution in [2.45, 2.75) is 24.2 Å². The Hall–Kier alpha value is -1.82. The van der Waals surface area contributed by atoms with Crippen LogP contribution in [0.4, 0.5) is 5.69 Å². The topological polar surface area (TPSA) is 71.5 Å². The fraction of sp³-hybridized carbons (Fsp3) is 0.333. The molecule has 0 radical (unpaired) electrons. The Kier molecular flexibility index (Phi) is 4.67. The summed E-state index contributed by atoms with van der Waals surface area (Å²) >= 11 is 3.54. The van der Waals surface area contributed by atoms with Crippen molar-refractivity contribution in [1.29, 1.82) is 0 Å². The number of methoxy groups -OCH3 is 1. The lowest BCUT2D eigenvalue weighted by atomic mass is 10.1. The van der Waals surface area contributed by atoms with Crippen LogP contribution in [0.25, 0.3) is 10.9 Å². The molecule has 2 aromatic rings. The first-order chi connectivity index (χ1) is 9.91. The van der Waals surface area contributed by atoms with Gasteiger partial charge in [-0.25, -0.2) is 0 Å². The summed E-state index contributed by atoms with van der Waals surface area (Å²) in [7, 11) is 1.61. The van der Waals surface area contributed by atoms with Crippen molar-refractivity contribution in [3.8, 4) is 5.75 Å². The van der Waals surface area contributed by atoms with E-state index >= 15 is 0 Å². The van der Waals surface area contributed by atoms with Gasteiger partial charge in [-0.1, -0.05) is 22.0 Å². The molecular weight excluding hydrogens is 336 g/mol. The van der Waals surface area contributed by atoms with E-state index < -0.39 is 10.4 Å². The fourth-order valence-corrected chi connectivity index (χ4v) is 2.47. The van der Waals surface area contributed by atoms with Gasteiger partial charge in [0, 0.05) is 24.1 Å². The second kappa shape index (κ2) is 6.30. The lowest BCUT2D eigenvalue weighted by Gasteiger charge is -2.25. The summed E-state index contributed by atoms with van der Waals surface area (Å²) in [5.41, 5.74) is 1.62. The number of nitrogens with one attached hydrogen (secondary N) is 1. The molecule has 5 nitrogen and oxygen atoms in total. The predicted octanol–water partition coefficient (Wildman–Crippen LogP) is 3.63. The van der Waals surface area contributed by atoms with Crippen molar-refractivity contribution in [1.82, 2.24) is 4.98 Å². The fourth-order valence-electron chi connectivity index (χ4n) is 2.06. The molecule has 6 heteroatoms. The molecule has 0 saturated heterocycles. The van der Waals surface area contributed by atoms with E-state index in [1.165, 1.54) is 0 Å². The molecule has 0 saturated carbocycles. The molecular formula is C15H17BrN2O3. The zero-order chi connectivity index (χ0) is 15.5. The zero-order valence-electron chi connectivity index (χ0n) is 11.9. The number of carboxylic acids is 1. The largest absolute Gasteiger partial charge is 0.497 e. The highest BCUT2D eigenvalue weighted by Crippen LogP contribution is 2.33. The average molecular weight is 353 g/mol. The van der Waals surface area contributed by atoms with E-state index in [-0.39, 0.29) is 6.42 Å². The van der Waals surface area contributed by atoms with Crippen molar-refractivity contribution in [3.63, 3.8) is 0 Å². The van der Waals surface area contributed by atoms with Crippen LogP contribution >= 0.6 is 15.9 Å². The summed E-state index contributed by atoms with van der Waals surface area (Å²) in [5.74, 6) is -0.101. The Morgan fingerprint density at radius 3 is 2.95 bits per heavy atom. The summed E-state index contributed by atoms with van der Waals surface area (Å²) in [6.07, 6.45) is 2.24. The standard InChI is InChI=1S/C15H17BrN2O3/c1-15(16,6-5-13(19)20)18-12-9-11(21-2)8-10-4-3-7-17-14(10)12/h3-4,7-9,18H,5-6H2,1-2H3,(H,19,20). The van der Waals surface area contributed by atoms with Crippen LogP contribution in [0, 0.1) is 0 Å². The number of aliphatic carboxylic acids is 1. The molecule has 0 aliphatic heterocycles. The number of hydrogen-bond acceptors (Lipinski definition) is 4. The Morgan fingerprint density at radius 2 is 2.29 bits per heavy atom. The van der Waals surface area contributed by atoms with Crippen LogP contribution in [0.1, 0.15) is 19.8 Å². The number of anilines is 1. The number of rotatable bonds is 6. The van der Waals surface area contributed by atoms with Gasteiger partial charge < -0.3 is 15.2 Å². The molecule has 0 aliphatic carbocycles. The van der Waals surface area contributed by atoms with E-state index in [2.05, 4.69) is 26.2 Å². The molecule has 0 amide bonds. The smallest absolute Gasteiger partial charge is 0.303 e. The van der Waals surface area contributed by atoms with Crippen molar-refractivity contribution in [2.75, 3.05) is 12.4 Å². The minimum atomic E-state index is -0.823. The highest BCUT2D eigenvalue weighted by Gasteiger charge is 2.22. The van der Waals surface area contributed by atoms with Gasteiger partial charge in [-0.05, 0) is 25.5 Å². The van der Waals surface area contributed by atoms with Gasteiger partial charge in [-0.3, -0.25) is 9.78 Å². The Balaban J connectivity index is 2.34. The molecule has 21 heavy (non-hydrogen) atoms. The van der Waals surface area contributed by atoms with Crippen molar-refractivity contribution in [3.05, 3.63) is 30.5 Å². The van der Waals surface area contributed by atoms with Gasteiger partial charge in [0.05, 0.1) is 22.8 Å². The zero-order valence-corrected chi connectivity index (χ0v) is 13.5.